The number of nitrogens with zero attached hydrogens (tertiary/aromatic N) is 2. The first-order chi connectivity index (χ1) is 8.20. The Kier molecular flexibility index (Phi) is 3.23. The molecule has 17 heavy (non-hydrogen) atoms. The van der Waals surface area contributed by atoms with Crippen molar-refractivity contribution in [2.45, 2.75) is 13.0 Å². The van der Waals surface area contributed by atoms with Gasteiger partial charge in [-0.3, -0.25) is 9.78 Å². The van der Waals surface area contributed by atoms with Gasteiger partial charge in [0.2, 0.25) is 0 Å². The molecule has 2 heterocycles. The molecular weight excluding hydrogens is 216 g/mol. The SMILES string of the molecule is CC(c1ccco1)N(C)C(=O)c1ccncc1. The summed E-state index contributed by atoms with van der Waals surface area (Å²) in [7, 11) is 1.76. The third-order valence-corrected chi connectivity index (χ3v) is 2.78. The number of aromatic nitrogens is 1. The molecule has 0 spiro atoms. The van der Waals surface area contributed by atoms with Gasteiger partial charge in [0.25, 0.3) is 5.91 Å². The van der Waals surface area contributed by atoms with Crippen LogP contribution in [0.15, 0.2) is 47.3 Å². The Bertz CT molecular complexity index is 479. The van der Waals surface area contributed by atoms with Crippen LogP contribution in [0, 0.1) is 0 Å². The molecule has 0 aromatic carbocycles. The number of rotatable bonds is 3. The Morgan fingerprint density at radius 2 is 2.06 bits per heavy atom. The van der Waals surface area contributed by atoms with E-state index in [0.29, 0.717) is 5.56 Å². The van der Waals surface area contributed by atoms with Crippen molar-refractivity contribution < 1.29 is 9.21 Å². The molecule has 0 bridgehead atoms. The van der Waals surface area contributed by atoms with Gasteiger partial charge in [-0.2, -0.15) is 0 Å². The molecule has 1 atom stereocenters. The summed E-state index contributed by atoms with van der Waals surface area (Å²) < 4.78 is 5.30. The quantitative estimate of drug-likeness (QED) is 0.813. The zero-order valence-electron chi connectivity index (χ0n) is 9.83. The fourth-order valence-corrected chi connectivity index (χ4v) is 1.59. The van der Waals surface area contributed by atoms with Crippen molar-refractivity contribution in [1.82, 2.24) is 9.88 Å². The molecule has 0 saturated carbocycles. The van der Waals surface area contributed by atoms with Gasteiger partial charge in [0.15, 0.2) is 0 Å². The van der Waals surface area contributed by atoms with E-state index in [9.17, 15) is 4.79 Å². The average molecular weight is 230 g/mol. The van der Waals surface area contributed by atoms with Crippen LogP contribution in [0.25, 0.3) is 0 Å². The molecule has 4 nitrogen and oxygen atoms in total. The third-order valence-electron chi connectivity index (χ3n) is 2.78. The zero-order chi connectivity index (χ0) is 12.3. The molecule has 2 rings (SSSR count). The number of hydrogen-bond acceptors (Lipinski definition) is 3. The van der Waals surface area contributed by atoms with Gasteiger partial charge in [-0.15, -0.1) is 0 Å². The molecular formula is C13H14N2O2. The second kappa shape index (κ2) is 4.82. The molecule has 0 radical (unpaired) electrons. The maximum atomic E-state index is 12.1. The monoisotopic (exact) mass is 230 g/mol. The highest BCUT2D eigenvalue weighted by atomic mass is 16.3. The molecule has 0 N–H and O–H groups in total. The van der Waals surface area contributed by atoms with E-state index in [-0.39, 0.29) is 11.9 Å². The molecule has 2 aromatic rings. The van der Waals surface area contributed by atoms with Crippen LogP contribution < -0.4 is 0 Å². The Labute approximate surface area is 99.9 Å². The zero-order valence-corrected chi connectivity index (χ0v) is 9.83. The van der Waals surface area contributed by atoms with E-state index in [0.717, 1.165) is 5.76 Å². The van der Waals surface area contributed by atoms with Crippen molar-refractivity contribution in [3.8, 4) is 0 Å². The molecule has 1 unspecified atom stereocenters. The molecule has 0 aliphatic heterocycles. The summed E-state index contributed by atoms with van der Waals surface area (Å²) in [6.07, 6.45) is 4.83. The van der Waals surface area contributed by atoms with Crippen molar-refractivity contribution in [3.63, 3.8) is 0 Å². The largest absolute Gasteiger partial charge is 0.467 e. The van der Waals surface area contributed by atoms with Crippen LogP contribution >= 0.6 is 0 Å². The molecule has 4 heteroatoms. The lowest BCUT2D eigenvalue weighted by molar-refractivity contribution is 0.0726. The minimum atomic E-state index is -0.0920. The van der Waals surface area contributed by atoms with Crippen molar-refractivity contribution >= 4 is 5.91 Å². The van der Waals surface area contributed by atoms with Gasteiger partial charge in [-0.05, 0) is 31.2 Å². The van der Waals surface area contributed by atoms with Crippen LogP contribution in [0.3, 0.4) is 0 Å². The van der Waals surface area contributed by atoms with Crippen molar-refractivity contribution in [2.75, 3.05) is 7.05 Å². The normalized spacial score (nSPS) is 12.1. The maximum absolute atomic E-state index is 12.1. The Hall–Kier alpha value is -2.10. The fourth-order valence-electron chi connectivity index (χ4n) is 1.59. The number of amides is 1. The first kappa shape index (κ1) is 11.4. The summed E-state index contributed by atoms with van der Waals surface area (Å²) in [5.74, 6) is 0.728. The molecule has 0 saturated heterocycles. The Morgan fingerprint density at radius 3 is 2.65 bits per heavy atom. The lowest BCUT2D eigenvalue weighted by Gasteiger charge is -2.23. The van der Waals surface area contributed by atoms with E-state index in [4.69, 9.17) is 4.42 Å². The fraction of sp³-hybridized carbons (Fsp3) is 0.231. The van der Waals surface area contributed by atoms with E-state index in [1.165, 1.54) is 0 Å². The summed E-state index contributed by atoms with van der Waals surface area (Å²) in [5.41, 5.74) is 0.626. The van der Waals surface area contributed by atoms with Crippen molar-refractivity contribution in [2.24, 2.45) is 0 Å². The van der Waals surface area contributed by atoms with E-state index in [1.54, 1.807) is 42.7 Å². The number of carbonyl (C=O) groups excluding carboxylic acids is 1. The molecule has 2 aromatic heterocycles. The highest BCUT2D eigenvalue weighted by Gasteiger charge is 2.20. The summed E-state index contributed by atoms with van der Waals surface area (Å²) in [4.78, 5) is 17.7. The highest BCUT2D eigenvalue weighted by Crippen LogP contribution is 2.20. The van der Waals surface area contributed by atoms with Gasteiger partial charge in [-0.1, -0.05) is 0 Å². The lowest BCUT2D eigenvalue weighted by atomic mass is 10.2. The maximum Gasteiger partial charge on any atom is 0.254 e. The van der Waals surface area contributed by atoms with Gasteiger partial charge in [0.05, 0.1) is 12.3 Å². The van der Waals surface area contributed by atoms with Gasteiger partial charge in [-0.25, -0.2) is 0 Å². The molecule has 0 aliphatic rings. The summed E-state index contributed by atoms with van der Waals surface area (Å²) >= 11 is 0. The average Bonchev–Trinajstić information content (AvgIpc) is 2.91. The predicted molar refractivity (Wildman–Crippen MR) is 63.5 cm³/mol. The van der Waals surface area contributed by atoms with Gasteiger partial charge in [0, 0.05) is 25.0 Å². The summed E-state index contributed by atoms with van der Waals surface area (Å²) in [5, 5.41) is 0. The number of furan rings is 1. The summed E-state index contributed by atoms with van der Waals surface area (Å²) in [6, 6.07) is 6.99. The third kappa shape index (κ3) is 2.36. The minimum Gasteiger partial charge on any atom is -0.467 e. The van der Waals surface area contributed by atoms with Gasteiger partial charge in [0.1, 0.15) is 5.76 Å². The first-order valence-electron chi connectivity index (χ1n) is 5.40. The minimum absolute atomic E-state index is 0.0451. The highest BCUT2D eigenvalue weighted by molar-refractivity contribution is 5.94. The van der Waals surface area contributed by atoms with Gasteiger partial charge < -0.3 is 9.32 Å². The van der Waals surface area contributed by atoms with Crippen LogP contribution in [0.2, 0.25) is 0 Å². The molecule has 0 aliphatic carbocycles. The Morgan fingerprint density at radius 1 is 1.35 bits per heavy atom. The van der Waals surface area contributed by atoms with E-state index in [1.807, 2.05) is 19.1 Å². The van der Waals surface area contributed by atoms with E-state index in [2.05, 4.69) is 4.98 Å². The molecule has 88 valence electrons. The molecule has 1 amide bonds. The first-order valence-corrected chi connectivity index (χ1v) is 5.40. The van der Waals surface area contributed by atoms with Crippen LogP contribution in [-0.2, 0) is 0 Å². The number of carbonyl (C=O) groups is 1. The standard InChI is InChI=1S/C13H14N2O2/c1-10(12-4-3-9-17-12)15(2)13(16)11-5-7-14-8-6-11/h3-10H,1-2H3. The lowest BCUT2D eigenvalue weighted by Crippen LogP contribution is -2.29. The van der Waals surface area contributed by atoms with Crippen LogP contribution in [0.5, 0.6) is 0 Å². The number of pyridine rings is 1. The summed E-state index contributed by atoms with van der Waals surface area (Å²) in [6.45, 7) is 1.93. The van der Waals surface area contributed by atoms with Crippen molar-refractivity contribution in [3.05, 3.63) is 54.2 Å². The van der Waals surface area contributed by atoms with E-state index >= 15 is 0 Å². The van der Waals surface area contributed by atoms with Crippen LogP contribution in [-0.4, -0.2) is 22.8 Å². The van der Waals surface area contributed by atoms with Crippen molar-refractivity contribution in [1.29, 1.82) is 0 Å². The van der Waals surface area contributed by atoms with Crippen LogP contribution in [0.1, 0.15) is 29.1 Å². The second-order valence-corrected chi connectivity index (χ2v) is 3.84. The van der Waals surface area contributed by atoms with Crippen LogP contribution in [0.4, 0.5) is 0 Å². The smallest absolute Gasteiger partial charge is 0.254 e. The topological polar surface area (TPSA) is 46.3 Å². The van der Waals surface area contributed by atoms with Gasteiger partial charge >= 0.3 is 0 Å². The number of hydrogen-bond donors (Lipinski definition) is 0. The second-order valence-electron chi connectivity index (χ2n) is 3.84. The molecule has 0 fully saturated rings. The van der Waals surface area contributed by atoms with E-state index < -0.39 is 0 Å². The predicted octanol–water partition coefficient (Wildman–Crippen LogP) is 2.51. The Balaban J connectivity index is 2.16.